The van der Waals surface area contributed by atoms with E-state index in [9.17, 15) is 9.59 Å². The summed E-state index contributed by atoms with van der Waals surface area (Å²) in [5.74, 6) is -0.0766. The van der Waals surface area contributed by atoms with Crippen molar-refractivity contribution in [2.75, 3.05) is 0 Å². The molecule has 2 aromatic heterocycles. The fourth-order valence-corrected chi connectivity index (χ4v) is 4.36. The predicted molar refractivity (Wildman–Crippen MR) is 106 cm³/mol. The van der Waals surface area contributed by atoms with Crippen LogP contribution in [0.3, 0.4) is 0 Å². The molecule has 0 saturated carbocycles. The van der Waals surface area contributed by atoms with E-state index < -0.39 is 0 Å². The lowest BCUT2D eigenvalue weighted by atomic mass is 9.92. The molecule has 5 nitrogen and oxygen atoms in total. The summed E-state index contributed by atoms with van der Waals surface area (Å²) in [4.78, 5) is 31.9. The van der Waals surface area contributed by atoms with Crippen LogP contribution < -0.4 is 5.56 Å². The van der Waals surface area contributed by atoms with Gasteiger partial charge in [-0.25, -0.2) is 4.98 Å². The molecule has 136 valence electrons. The highest BCUT2D eigenvalue weighted by Crippen LogP contribution is 2.27. The molecule has 6 heteroatoms. The highest BCUT2D eigenvalue weighted by Gasteiger charge is 2.32. The summed E-state index contributed by atoms with van der Waals surface area (Å²) in [5.41, 5.74) is 1.78. The maximum Gasteiger partial charge on any atom is 0.271 e. The van der Waals surface area contributed by atoms with Gasteiger partial charge in [0.05, 0.1) is 17.9 Å². The third-order valence-corrected chi connectivity index (χ3v) is 5.55. The highest BCUT2D eigenvalue weighted by atomic mass is 32.1. The Morgan fingerprint density at radius 1 is 1.38 bits per heavy atom. The molecule has 1 aliphatic heterocycles. The lowest BCUT2D eigenvalue weighted by Crippen LogP contribution is -2.50. The number of thiophene rings is 1. The van der Waals surface area contributed by atoms with Crippen LogP contribution in [0, 0.1) is 0 Å². The summed E-state index contributed by atoms with van der Waals surface area (Å²) in [7, 11) is 0. The van der Waals surface area contributed by atoms with Gasteiger partial charge in [-0.05, 0) is 37.6 Å². The maximum atomic E-state index is 13.1. The molecule has 2 atom stereocenters. The van der Waals surface area contributed by atoms with Gasteiger partial charge in [0.15, 0.2) is 0 Å². The highest BCUT2D eigenvalue weighted by molar-refractivity contribution is 7.17. The molecular weight excluding hydrogens is 346 g/mol. The molecule has 3 heterocycles. The van der Waals surface area contributed by atoms with Crippen LogP contribution in [0.25, 0.3) is 10.2 Å². The lowest BCUT2D eigenvalue weighted by molar-refractivity contribution is -0.136. The number of aromatic nitrogens is 2. The van der Waals surface area contributed by atoms with E-state index in [1.54, 1.807) is 0 Å². The van der Waals surface area contributed by atoms with Crippen molar-refractivity contribution in [1.82, 2.24) is 14.5 Å². The number of carbonyl (C=O) groups is 1. The van der Waals surface area contributed by atoms with Gasteiger partial charge < -0.3 is 4.90 Å². The van der Waals surface area contributed by atoms with Crippen LogP contribution in [0.1, 0.15) is 26.2 Å². The first-order chi connectivity index (χ1) is 12.5. The van der Waals surface area contributed by atoms with Crippen molar-refractivity contribution in [3.05, 3.63) is 65.1 Å². The number of nitrogens with zero attached hydrogens (tertiary/aromatic N) is 3. The SMILES string of the molecule is C=CC[C@@H]1CC(C)=C[C@@H](CC=C)N1C(=O)Cn1cnc2ccsc2c1=O. The molecule has 26 heavy (non-hydrogen) atoms. The minimum absolute atomic E-state index is 0.00610. The van der Waals surface area contributed by atoms with Gasteiger partial charge >= 0.3 is 0 Å². The van der Waals surface area contributed by atoms with Crippen molar-refractivity contribution in [1.29, 1.82) is 0 Å². The fraction of sp³-hybridized carbons (Fsp3) is 0.350. The zero-order valence-electron chi connectivity index (χ0n) is 14.9. The molecule has 0 aliphatic carbocycles. The van der Waals surface area contributed by atoms with Crippen LogP contribution in [0.2, 0.25) is 0 Å². The quantitative estimate of drug-likeness (QED) is 0.732. The van der Waals surface area contributed by atoms with Gasteiger partial charge in [-0.15, -0.1) is 24.5 Å². The first-order valence-electron chi connectivity index (χ1n) is 8.68. The fourth-order valence-electron chi connectivity index (χ4n) is 3.57. The molecule has 0 N–H and O–H groups in total. The molecular formula is C20H23N3O2S. The Balaban J connectivity index is 1.91. The van der Waals surface area contributed by atoms with Crippen LogP contribution in [0.4, 0.5) is 0 Å². The molecule has 1 amide bonds. The lowest BCUT2D eigenvalue weighted by Gasteiger charge is -2.40. The third kappa shape index (κ3) is 3.55. The van der Waals surface area contributed by atoms with Gasteiger partial charge in [0.25, 0.3) is 5.56 Å². The number of rotatable bonds is 6. The van der Waals surface area contributed by atoms with Gasteiger partial charge in [0.1, 0.15) is 11.2 Å². The summed E-state index contributed by atoms with van der Waals surface area (Å²) in [6, 6.07) is 1.84. The van der Waals surface area contributed by atoms with E-state index in [1.165, 1.54) is 27.8 Å². The molecule has 0 saturated heterocycles. The van der Waals surface area contributed by atoms with Crippen molar-refractivity contribution in [3.8, 4) is 0 Å². The van der Waals surface area contributed by atoms with Gasteiger partial charge in [-0.2, -0.15) is 0 Å². The molecule has 0 bridgehead atoms. The van der Waals surface area contributed by atoms with Crippen molar-refractivity contribution in [3.63, 3.8) is 0 Å². The Kier molecular flexibility index (Phi) is 5.52. The number of hydrogen-bond acceptors (Lipinski definition) is 4. The predicted octanol–water partition coefficient (Wildman–Crippen LogP) is 3.53. The zero-order valence-corrected chi connectivity index (χ0v) is 15.7. The van der Waals surface area contributed by atoms with Gasteiger partial charge in [0.2, 0.25) is 5.91 Å². The van der Waals surface area contributed by atoms with E-state index in [0.717, 1.165) is 12.8 Å². The van der Waals surface area contributed by atoms with Gasteiger partial charge in [-0.3, -0.25) is 14.2 Å². The molecule has 1 aliphatic rings. The van der Waals surface area contributed by atoms with E-state index in [2.05, 4.69) is 31.1 Å². The molecule has 0 spiro atoms. The van der Waals surface area contributed by atoms with E-state index in [1.807, 2.05) is 28.5 Å². The zero-order chi connectivity index (χ0) is 18.7. The Bertz CT molecular complexity index is 925. The largest absolute Gasteiger partial charge is 0.331 e. The van der Waals surface area contributed by atoms with Crippen LogP contribution >= 0.6 is 11.3 Å². The summed E-state index contributed by atoms with van der Waals surface area (Å²) in [6.07, 6.45) is 9.50. The normalized spacial score (nSPS) is 20.0. The summed E-state index contributed by atoms with van der Waals surface area (Å²) in [5, 5.41) is 1.84. The monoisotopic (exact) mass is 369 g/mol. The summed E-state index contributed by atoms with van der Waals surface area (Å²) >= 11 is 1.35. The molecule has 0 radical (unpaired) electrons. The van der Waals surface area contributed by atoms with E-state index in [4.69, 9.17) is 0 Å². The Morgan fingerprint density at radius 3 is 2.88 bits per heavy atom. The smallest absolute Gasteiger partial charge is 0.271 e. The third-order valence-electron chi connectivity index (χ3n) is 4.66. The molecule has 0 fully saturated rings. The minimum Gasteiger partial charge on any atom is -0.331 e. The first kappa shape index (κ1) is 18.3. The van der Waals surface area contributed by atoms with Crippen molar-refractivity contribution in [2.24, 2.45) is 0 Å². The van der Waals surface area contributed by atoms with Crippen LogP contribution in [-0.4, -0.2) is 32.4 Å². The van der Waals surface area contributed by atoms with E-state index in [-0.39, 0.29) is 30.1 Å². The van der Waals surface area contributed by atoms with E-state index >= 15 is 0 Å². The van der Waals surface area contributed by atoms with Gasteiger partial charge in [0, 0.05) is 6.04 Å². The topological polar surface area (TPSA) is 55.2 Å². The number of carbonyl (C=O) groups excluding carboxylic acids is 1. The Labute approximate surface area is 157 Å². The molecule has 3 rings (SSSR count). The average Bonchev–Trinajstić information content (AvgIpc) is 3.07. The second kappa shape index (κ2) is 7.83. The standard InChI is InChI=1S/C20H23N3O2S/c1-4-6-15-10-14(3)11-16(7-5-2)23(15)18(24)12-22-13-21-17-8-9-26-19(17)20(22)25/h4-5,8-10,13,15-16H,1-2,6-7,11-12H2,3H3/t15-,16-/m1/s1. The van der Waals surface area contributed by atoms with Crippen molar-refractivity contribution < 1.29 is 4.79 Å². The molecule has 0 unspecified atom stereocenters. The van der Waals surface area contributed by atoms with Gasteiger partial charge in [-0.1, -0.05) is 23.8 Å². The number of fused-ring (bicyclic) bond motifs is 1. The Morgan fingerprint density at radius 2 is 2.15 bits per heavy atom. The number of amides is 1. The summed E-state index contributed by atoms with van der Waals surface area (Å²) in [6.45, 7) is 9.73. The average molecular weight is 369 g/mol. The van der Waals surface area contributed by atoms with Crippen molar-refractivity contribution >= 4 is 27.5 Å². The van der Waals surface area contributed by atoms with Crippen LogP contribution in [-0.2, 0) is 11.3 Å². The maximum absolute atomic E-state index is 13.1. The minimum atomic E-state index is -0.164. The second-order valence-corrected chi connectivity index (χ2v) is 7.52. The number of hydrogen-bond donors (Lipinski definition) is 0. The Hall–Kier alpha value is -2.47. The first-order valence-corrected chi connectivity index (χ1v) is 9.56. The van der Waals surface area contributed by atoms with Crippen LogP contribution in [0.15, 0.2) is 59.5 Å². The second-order valence-electron chi connectivity index (χ2n) is 6.60. The molecule has 0 aromatic carbocycles. The molecule has 2 aromatic rings. The van der Waals surface area contributed by atoms with E-state index in [0.29, 0.717) is 16.6 Å². The summed E-state index contributed by atoms with van der Waals surface area (Å²) < 4.78 is 1.99. The van der Waals surface area contributed by atoms with Crippen LogP contribution in [0.5, 0.6) is 0 Å². The van der Waals surface area contributed by atoms with Crippen molar-refractivity contribution in [2.45, 2.75) is 44.8 Å².